The zero-order chi connectivity index (χ0) is 14.8. The summed E-state index contributed by atoms with van der Waals surface area (Å²) in [7, 11) is 0. The molecule has 1 heterocycles. The Labute approximate surface area is 120 Å². The van der Waals surface area contributed by atoms with Crippen LogP contribution < -0.4 is 10.6 Å². The second-order valence-corrected chi connectivity index (χ2v) is 6.18. The largest absolute Gasteiger partial charge is 0.409 e. The Morgan fingerprint density at radius 3 is 2.10 bits per heavy atom. The minimum absolute atomic E-state index is 0.147. The number of anilines is 1. The molecule has 0 aliphatic carbocycles. The van der Waals surface area contributed by atoms with Crippen molar-refractivity contribution >= 4 is 11.5 Å². The van der Waals surface area contributed by atoms with E-state index in [1.165, 1.54) is 5.69 Å². The first-order valence-electron chi connectivity index (χ1n) is 7.00. The highest BCUT2D eigenvalue weighted by molar-refractivity contribution is 5.97. The molecule has 0 atom stereocenters. The molecule has 0 amide bonds. The maximum Gasteiger partial charge on any atom is 0.170 e. The molecule has 5 heteroatoms. The van der Waals surface area contributed by atoms with Crippen molar-refractivity contribution < 1.29 is 5.21 Å². The van der Waals surface area contributed by atoms with E-state index in [2.05, 4.69) is 35.7 Å². The minimum Gasteiger partial charge on any atom is -0.409 e. The van der Waals surface area contributed by atoms with Crippen LogP contribution in [0.25, 0.3) is 0 Å². The van der Waals surface area contributed by atoms with Crippen LogP contribution in [0.3, 0.4) is 0 Å². The highest BCUT2D eigenvalue weighted by atomic mass is 16.4. The Morgan fingerprint density at radius 1 is 1.10 bits per heavy atom. The molecule has 0 radical (unpaired) electrons. The summed E-state index contributed by atoms with van der Waals surface area (Å²) in [6, 6.07) is 7.83. The molecular formula is C15H24N4O. The van der Waals surface area contributed by atoms with Crippen molar-refractivity contribution in [3.8, 4) is 0 Å². The number of hydrogen-bond acceptors (Lipinski definition) is 4. The lowest BCUT2D eigenvalue weighted by Gasteiger charge is -2.43. The van der Waals surface area contributed by atoms with Gasteiger partial charge in [-0.05, 0) is 45.0 Å². The van der Waals surface area contributed by atoms with Gasteiger partial charge < -0.3 is 15.8 Å². The zero-order valence-corrected chi connectivity index (χ0v) is 12.5. The quantitative estimate of drug-likeness (QED) is 0.373. The van der Waals surface area contributed by atoms with Crippen LogP contribution in [0.4, 0.5) is 5.69 Å². The van der Waals surface area contributed by atoms with E-state index in [4.69, 9.17) is 10.9 Å². The lowest BCUT2D eigenvalue weighted by molar-refractivity contribution is 0.128. The summed E-state index contributed by atoms with van der Waals surface area (Å²) in [6.07, 6.45) is 0. The van der Waals surface area contributed by atoms with E-state index in [1.54, 1.807) is 0 Å². The molecule has 1 aromatic rings. The Bertz CT molecular complexity index is 468. The number of amidine groups is 1. The molecule has 1 saturated heterocycles. The van der Waals surface area contributed by atoms with Gasteiger partial charge in [0.15, 0.2) is 5.84 Å². The summed E-state index contributed by atoms with van der Waals surface area (Å²) in [5.41, 5.74) is 7.74. The molecule has 3 N–H and O–H groups in total. The third-order valence-electron chi connectivity index (χ3n) is 3.86. The molecule has 1 aliphatic rings. The summed E-state index contributed by atoms with van der Waals surface area (Å²) < 4.78 is 0. The SMILES string of the molecule is CC(C)(C)N1CCN(c2ccc(C(N)=NO)cc2)CC1. The van der Waals surface area contributed by atoms with Crippen molar-refractivity contribution in [3.63, 3.8) is 0 Å². The molecule has 110 valence electrons. The van der Waals surface area contributed by atoms with Gasteiger partial charge in [0.25, 0.3) is 0 Å². The third kappa shape index (κ3) is 3.22. The topological polar surface area (TPSA) is 65.1 Å². The van der Waals surface area contributed by atoms with Gasteiger partial charge in [0.05, 0.1) is 0 Å². The van der Waals surface area contributed by atoms with E-state index in [1.807, 2.05) is 24.3 Å². The number of nitrogens with zero attached hydrogens (tertiary/aromatic N) is 3. The van der Waals surface area contributed by atoms with Crippen molar-refractivity contribution in [1.82, 2.24) is 4.90 Å². The predicted octanol–water partition coefficient (Wildman–Crippen LogP) is 1.70. The summed E-state index contributed by atoms with van der Waals surface area (Å²) in [4.78, 5) is 4.88. The zero-order valence-electron chi connectivity index (χ0n) is 12.5. The smallest absolute Gasteiger partial charge is 0.170 e. The van der Waals surface area contributed by atoms with E-state index >= 15 is 0 Å². The molecule has 1 fully saturated rings. The van der Waals surface area contributed by atoms with Gasteiger partial charge in [-0.3, -0.25) is 4.90 Å². The lowest BCUT2D eigenvalue weighted by Crippen LogP contribution is -2.53. The van der Waals surface area contributed by atoms with Crippen molar-refractivity contribution in [1.29, 1.82) is 0 Å². The van der Waals surface area contributed by atoms with Crippen molar-refractivity contribution in [3.05, 3.63) is 29.8 Å². The van der Waals surface area contributed by atoms with Gasteiger partial charge >= 0.3 is 0 Å². The highest BCUT2D eigenvalue weighted by Gasteiger charge is 2.25. The van der Waals surface area contributed by atoms with Gasteiger partial charge in [-0.2, -0.15) is 0 Å². The van der Waals surface area contributed by atoms with Gasteiger partial charge in [0, 0.05) is 43.0 Å². The van der Waals surface area contributed by atoms with Crippen LogP contribution in [0.15, 0.2) is 29.4 Å². The van der Waals surface area contributed by atoms with Crippen LogP contribution in [-0.4, -0.2) is 47.7 Å². The second-order valence-electron chi connectivity index (χ2n) is 6.18. The molecule has 1 aromatic carbocycles. The fourth-order valence-corrected chi connectivity index (χ4v) is 2.54. The summed E-state index contributed by atoms with van der Waals surface area (Å²) in [5, 5.41) is 11.7. The molecule has 0 saturated carbocycles. The summed E-state index contributed by atoms with van der Waals surface area (Å²) >= 11 is 0. The number of rotatable bonds is 2. The molecule has 0 aromatic heterocycles. The van der Waals surface area contributed by atoms with Gasteiger partial charge in [0.1, 0.15) is 0 Å². The Hall–Kier alpha value is -1.75. The third-order valence-corrected chi connectivity index (χ3v) is 3.86. The van der Waals surface area contributed by atoms with E-state index in [0.717, 1.165) is 31.7 Å². The fourth-order valence-electron chi connectivity index (χ4n) is 2.54. The first-order valence-corrected chi connectivity index (χ1v) is 7.00. The van der Waals surface area contributed by atoms with Gasteiger partial charge in [-0.15, -0.1) is 0 Å². The highest BCUT2D eigenvalue weighted by Crippen LogP contribution is 2.21. The standard InChI is InChI=1S/C15H24N4O/c1-15(2,3)19-10-8-18(9-11-19)13-6-4-12(5-7-13)14(16)17-20/h4-7,20H,8-11H2,1-3H3,(H2,16,17). The van der Waals surface area contributed by atoms with Crippen LogP contribution >= 0.6 is 0 Å². The van der Waals surface area contributed by atoms with Gasteiger partial charge in [-0.25, -0.2) is 0 Å². The van der Waals surface area contributed by atoms with Crippen LogP contribution in [0.5, 0.6) is 0 Å². The predicted molar refractivity (Wildman–Crippen MR) is 82.5 cm³/mol. The average Bonchev–Trinajstić information content (AvgIpc) is 2.46. The lowest BCUT2D eigenvalue weighted by atomic mass is 10.0. The van der Waals surface area contributed by atoms with Crippen LogP contribution in [0.2, 0.25) is 0 Å². The van der Waals surface area contributed by atoms with Crippen LogP contribution in [-0.2, 0) is 0 Å². The van der Waals surface area contributed by atoms with E-state index < -0.39 is 0 Å². The molecule has 0 bridgehead atoms. The maximum absolute atomic E-state index is 8.66. The first-order chi connectivity index (χ1) is 9.41. The molecule has 0 unspecified atom stereocenters. The Kier molecular flexibility index (Phi) is 4.18. The number of benzene rings is 1. The fraction of sp³-hybridized carbons (Fsp3) is 0.533. The van der Waals surface area contributed by atoms with Crippen molar-refractivity contribution in [2.75, 3.05) is 31.1 Å². The Balaban J connectivity index is 2.01. The van der Waals surface area contributed by atoms with Gasteiger partial charge in [-0.1, -0.05) is 5.16 Å². The molecule has 5 nitrogen and oxygen atoms in total. The molecule has 2 rings (SSSR count). The summed E-state index contributed by atoms with van der Waals surface area (Å²) in [6.45, 7) is 11.0. The number of hydrogen-bond donors (Lipinski definition) is 2. The van der Waals surface area contributed by atoms with Crippen molar-refractivity contribution in [2.45, 2.75) is 26.3 Å². The normalized spacial score (nSPS) is 18.4. The van der Waals surface area contributed by atoms with Crippen LogP contribution in [0.1, 0.15) is 26.3 Å². The summed E-state index contributed by atoms with van der Waals surface area (Å²) in [5.74, 6) is 0.147. The maximum atomic E-state index is 8.66. The average molecular weight is 276 g/mol. The molecule has 20 heavy (non-hydrogen) atoms. The molecular weight excluding hydrogens is 252 g/mol. The van der Waals surface area contributed by atoms with Crippen LogP contribution in [0, 0.1) is 0 Å². The number of oxime groups is 1. The van der Waals surface area contributed by atoms with E-state index in [-0.39, 0.29) is 11.4 Å². The second kappa shape index (κ2) is 5.71. The molecule has 0 spiro atoms. The number of piperazine rings is 1. The number of nitrogens with two attached hydrogens (primary N) is 1. The first kappa shape index (κ1) is 14.7. The Morgan fingerprint density at radius 2 is 1.65 bits per heavy atom. The minimum atomic E-state index is 0.147. The monoisotopic (exact) mass is 276 g/mol. The van der Waals surface area contributed by atoms with E-state index in [9.17, 15) is 0 Å². The van der Waals surface area contributed by atoms with Gasteiger partial charge in [0.2, 0.25) is 0 Å². The van der Waals surface area contributed by atoms with E-state index in [0.29, 0.717) is 0 Å². The van der Waals surface area contributed by atoms with Crippen molar-refractivity contribution in [2.24, 2.45) is 10.9 Å². The molecule has 1 aliphatic heterocycles.